The van der Waals surface area contributed by atoms with Gasteiger partial charge < -0.3 is 19.1 Å². The highest BCUT2D eigenvalue weighted by Crippen LogP contribution is 2.32. The van der Waals surface area contributed by atoms with Crippen molar-refractivity contribution >= 4 is 29.5 Å². The molecule has 3 heterocycles. The van der Waals surface area contributed by atoms with Crippen molar-refractivity contribution < 1.29 is 19.0 Å². The zero-order chi connectivity index (χ0) is 15.7. The van der Waals surface area contributed by atoms with Gasteiger partial charge in [-0.05, 0) is 6.92 Å². The minimum Gasteiger partial charge on any atom is -0.444 e. The Morgan fingerprint density at radius 1 is 1.36 bits per heavy atom. The SMILES string of the molecule is CO[C@@]1(C)COC(=O)N1c1cc(Cl)nc(N2CCOCC2)n1. The zero-order valence-electron chi connectivity index (χ0n) is 12.4. The summed E-state index contributed by atoms with van der Waals surface area (Å²) < 4.78 is 15.8. The summed E-state index contributed by atoms with van der Waals surface area (Å²) >= 11 is 6.10. The van der Waals surface area contributed by atoms with Gasteiger partial charge in [0, 0.05) is 26.3 Å². The van der Waals surface area contributed by atoms with Gasteiger partial charge in [-0.2, -0.15) is 4.98 Å². The van der Waals surface area contributed by atoms with Crippen molar-refractivity contribution in [2.24, 2.45) is 0 Å². The highest BCUT2D eigenvalue weighted by molar-refractivity contribution is 6.29. The van der Waals surface area contributed by atoms with Gasteiger partial charge in [0.25, 0.3) is 0 Å². The first-order valence-electron chi connectivity index (χ1n) is 6.93. The maximum Gasteiger partial charge on any atom is 0.418 e. The van der Waals surface area contributed by atoms with Gasteiger partial charge in [0.15, 0.2) is 5.72 Å². The number of aromatic nitrogens is 2. The van der Waals surface area contributed by atoms with Crippen LogP contribution in [0.25, 0.3) is 0 Å². The molecule has 1 aromatic rings. The summed E-state index contributed by atoms with van der Waals surface area (Å²) in [6, 6.07) is 1.52. The lowest BCUT2D eigenvalue weighted by Crippen LogP contribution is -2.47. The molecule has 9 heteroatoms. The first-order valence-corrected chi connectivity index (χ1v) is 7.31. The third-order valence-corrected chi connectivity index (χ3v) is 3.94. The van der Waals surface area contributed by atoms with Crippen LogP contribution in [0, 0.1) is 0 Å². The number of carbonyl (C=O) groups excluding carboxylic acids is 1. The molecular formula is C13H17ClN4O4. The molecule has 22 heavy (non-hydrogen) atoms. The lowest BCUT2D eigenvalue weighted by atomic mass is 10.2. The largest absolute Gasteiger partial charge is 0.444 e. The first kappa shape index (κ1) is 15.3. The molecule has 0 saturated carbocycles. The predicted octanol–water partition coefficient (Wildman–Crippen LogP) is 1.29. The summed E-state index contributed by atoms with van der Waals surface area (Å²) in [5, 5.41) is 0.254. The van der Waals surface area contributed by atoms with Crippen LogP contribution < -0.4 is 9.80 Å². The third kappa shape index (κ3) is 2.69. The van der Waals surface area contributed by atoms with Crippen LogP contribution in [0.4, 0.5) is 16.6 Å². The second-order valence-corrected chi connectivity index (χ2v) is 5.60. The van der Waals surface area contributed by atoms with Crippen LogP contribution in [0.3, 0.4) is 0 Å². The molecular weight excluding hydrogens is 312 g/mol. The van der Waals surface area contributed by atoms with E-state index >= 15 is 0 Å². The monoisotopic (exact) mass is 328 g/mol. The fourth-order valence-electron chi connectivity index (χ4n) is 2.42. The molecule has 1 aromatic heterocycles. The molecule has 3 rings (SSSR count). The smallest absolute Gasteiger partial charge is 0.418 e. The van der Waals surface area contributed by atoms with E-state index in [0.717, 1.165) is 0 Å². The van der Waals surface area contributed by atoms with Gasteiger partial charge >= 0.3 is 6.09 Å². The van der Waals surface area contributed by atoms with Gasteiger partial charge in [-0.15, -0.1) is 0 Å². The van der Waals surface area contributed by atoms with Crippen LogP contribution in [0.15, 0.2) is 6.07 Å². The van der Waals surface area contributed by atoms with E-state index in [0.29, 0.717) is 38.1 Å². The van der Waals surface area contributed by atoms with Gasteiger partial charge in [0.2, 0.25) is 5.95 Å². The van der Waals surface area contributed by atoms with Gasteiger partial charge in [-0.1, -0.05) is 11.6 Å². The predicted molar refractivity (Wildman–Crippen MR) is 79.3 cm³/mol. The van der Waals surface area contributed by atoms with Crippen LogP contribution in [-0.2, 0) is 14.2 Å². The summed E-state index contributed by atoms with van der Waals surface area (Å²) in [6.45, 7) is 4.43. The fourth-order valence-corrected chi connectivity index (χ4v) is 2.59. The topological polar surface area (TPSA) is 77.0 Å². The summed E-state index contributed by atoms with van der Waals surface area (Å²) in [5.41, 5.74) is -0.920. The highest BCUT2D eigenvalue weighted by Gasteiger charge is 2.46. The number of amides is 1. The Labute approximate surface area is 132 Å². The van der Waals surface area contributed by atoms with Crippen molar-refractivity contribution in [2.45, 2.75) is 12.6 Å². The van der Waals surface area contributed by atoms with Crippen LogP contribution in [-0.4, -0.2) is 61.8 Å². The van der Waals surface area contributed by atoms with E-state index in [4.69, 9.17) is 25.8 Å². The maximum atomic E-state index is 12.0. The first-order chi connectivity index (χ1) is 10.5. The van der Waals surface area contributed by atoms with E-state index in [1.165, 1.54) is 18.1 Å². The number of hydrogen-bond donors (Lipinski definition) is 0. The van der Waals surface area contributed by atoms with E-state index in [1.807, 2.05) is 4.90 Å². The summed E-state index contributed by atoms with van der Waals surface area (Å²) in [4.78, 5) is 24.0. The van der Waals surface area contributed by atoms with Crippen molar-refractivity contribution in [3.63, 3.8) is 0 Å². The van der Waals surface area contributed by atoms with Crippen molar-refractivity contribution in [2.75, 3.05) is 49.8 Å². The molecule has 0 bridgehead atoms. The number of hydrogen-bond acceptors (Lipinski definition) is 7. The number of ether oxygens (including phenoxy) is 3. The van der Waals surface area contributed by atoms with E-state index in [-0.39, 0.29) is 11.8 Å². The van der Waals surface area contributed by atoms with Gasteiger partial charge in [-0.3, -0.25) is 0 Å². The molecule has 8 nitrogen and oxygen atoms in total. The third-order valence-electron chi connectivity index (χ3n) is 3.75. The molecule has 0 N–H and O–H groups in total. The molecule has 0 radical (unpaired) electrons. The summed E-state index contributed by atoms with van der Waals surface area (Å²) in [6.07, 6.45) is -0.521. The van der Waals surface area contributed by atoms with Crippen molar-refractivity contribution in [1.82, 2.24) is 9.97 Å². The van der Waals surface area contributed by atoms with E-state index in [9.17, 15) is 4.79 Å². The van der Waals surface area contributed by atoms with Crippen molar-refractivity contribution in [3.8, 4) is 0 Å². The van der Waals surface area contributed by atoms with E-state index in [1.54, 1.807) is 6.92 Å². The quantitative estimate of drug-likeness (QED) is 0.774. The summed E-state index contributed by atoms with van der Waals surface area (Å²) in [5.74, 6) is 0.817. The number of morpholine rings is 1. The van der Waals surface area contributed by atoms with Crippen molar-refractivity contribution in [1.29, 1.82) is 0 Å². The summed E-state index contributed by atoms with van der Waals surface area (Å²) in [7, 11) is 1.51. The Balaban J connectivity index is 1.96. The molecule has 120 valence electrons. The van der Waals surface area contributed by atoms with Gasteiger partial charge in [0.05, 0.1) is 13.2 Å². The Kier molecular flexibility index (Phi) is 4.07. The van der Waals surface area contributed by atoms with E-state index < -0.39 is 11.8 Å². The van der Waals surface area contributed by atoms with Gasteiger partial charge in [-0.25, -0.2) is 14.7 Å². The zero-order valence-corrected chi connectivity index (χ0v) is 13.2. The Morgan fingerprint density at radius 2 is 2.09 bits per heavy atom. The molecule has 0 aliphatic carbocycles. The van der Waals surface area contributed by atoms with Crippen LogP contribution >= 0.6 is 11.6 Å². The number of rotatable bonds is 3. The number of halogens is 1. The molecule has 0 aromatic carbocycles. The number of carbonyl (C=O) groups is 1. The average Bonchev–Trinajstić information content (AvgIpc) is 2.83. The highest BCUT2D eigenvalue weighted by atomic mass is 35.5. The Morgan fingerprint density at radius 3 is 2.77 bits per heavy atom. The molecule has 1 amide bonds. The normalized spacial score (nSPS) is 25.5. The minimum atomic E-state index is -0.920. The van der Waals surface area contributed by atoms with E-state index in [2.05, 4.69) is 9.97 Å². The second kappa shape index (κ2) is 5.86. The Bertz CT molecular complexity index is 581. The standard InChI is InChI=1S/C13H17ClN4O4/c1-13(20-2)8-22-12(19)18(13)10-7-9(14)15-11(16-10)17-3-5-21-6-4-17/h7H,3-6,8H2,1-2H3/t13-/m0/s1. The number of methoxy groups -OCH3 is 1. The number of nitrogens with zero attached hydrogens (tertiary/aromatic N) is 4. The van der Waals surface area contributed by atoms with Crippen LogP contribution in [0.2, 0.25) is 5.15 Å². The number of anilines is 2. The molecule has 0 unspecified atom stereocenters. The maximum absolute atomic E-state index is 12.0. The average molecular weight is 329 g/mol. The molecule has 2 saturated heterocycles. The van der Waals surface area contributed by atoms with Gasteiger partial charge in [0.1, 0.15) is 17.6 Å². The number of cyclic esters (lactones) is 1. The molecule has 1 atom stereocenters. The lowest BCUT2D eigenvalue weighted by molar-refractivity contribution is 0.000737. The molecule has 0 spiro atoms. The minimum absolute atomic E-state index is 0.122. The Hall–Kier alpha value is -1.64. The van der Waals surface area contributed by atoms with Crippen LogP contribution in [0.1, 0.15) is 6.92 Å². The fraction of sp³-hybridized carbons (Fsp3) is 0.615. The van der Waals surface area contributed by atoms with Crippen molar-refractivity contribution in [3.05, 3.63) is 11.2 Å². The molecule has 2 fully saturated rings. The molecule has 2 aliphatic heterocycles. The van der Waals surface area contributed by atoms with Crippen LogP contribution in [0.5, 0.6) is 0 Å². The molecule has 2 aliphatic rings. The lowest BCUT2D eigenvalue weighted by Gasteiger charge is -2.31. The second-order valence-electron chi connectivity index (χ2n) is 5.22.